The molecule has 6 rings (SSSR count). The van der Waals surface area contributed by atoms with E-state index < -0.39 is 29.4 Å². The number of likely N-dealkylation sites (tertiary alicyclic amines) is 1. The fraction of sp³-hybridized carbons (Fsp3) is 0.486. The van der Waals surface area contributed by atoms with E-state index in [1.165, 1.54) is 24.2 Å². The van der Waals surface area contributed by atoms with Crippen molar-refractivity contribution in [3.8, 4) is 17.1 Å². The Labute approximate surface area is 317 Å². The van der Waals surface area contributed by atoms with E-state index in [1.54, 1.807) is 29.7 Å². The zero-order valence-electron chi connectivity index (χ0n) is 30.1. The van der Waals surface area contributed by atoms with Crippen LogP contribution in [0.2, 0.25) is 0 Å². The van der Waals surface area contributed by atoms with E-state index in [0.29, 0.717) is 41.0 Å². The monoisotopic (exact) mass is 902 g/mol. The van der Waals surface area contributed by atoms with Gasteiger partial charge in [0.25, 0.3) is 11.5 Å². The van der Waals surface area contributed by atoms with Crippen LogP contribution < -0.4 is 10.3 Å². The fourth-order valence-corrected chi connectivity index (χ4v) is 6.71. The first-order valence-corrected chi connectivity index (χ1v) is 17.2. The molecule has 4 heterocycles. The van der Waals surface area contributed by atoms with E-state index in [4.69, 9.17) is 20.2 Å². The first-order valence-electron chi connectivity index (χ1n) is 17.2. The van der Waals surface area contributed by atoms with Gasteiger partial charge in [-0.15, -0.1) is 6.04 Å². The molecule has 6 N–H and O–H groups in total. The molecule has 3 aromatic rings. The predicted molar refractivity (Wildman–Crippen MR) is 194 cm³/mol. The summed E-state index contributed by atoms with van der Waals surface area (Å²) < 4.78 is 12.3. The van der Waals surface area contributed by atoms with Gasteiger partial charge in [-0.1, -0.05) is 52.9 Å². The standard InChI is InChI=1S/C29H29N3O9.C6H12N.C2H6.H2N.Pt/c1-4-18-19-12-17(41-28(39)31-9-7-29(8-10-31,26(35)36)27(37)38)5-6-22(19)30-24-20(18)13-32-23(24)11-15(2)21(25(32)34)14-40-16(3)33;7-6-4-2-1-3-5-6;1-2;;/h5-6,11-12,33H,3-4,7-10,13-14H2,1-2H3,(H,35,36)(H,37,38);6-7H,1-5H2;1-2H3;1H2;/q;-1;;-1;+2. The van der Waals surface area contributed by atoms with E-state index in [9.17, 15) is 34.5 Å². The van der Waals surface area contributed by atoms with E-state index >= 15 is 0 Å². The number of aliphatic hydroxyl groups is 1. The van der Waals surface area contributed by atoms with Crippen LogP contribution in [0.3, 0.4) is 0 Å². The summed E-state index contributed by atoms with van der Waals surface area (Å²) in [6, 6.07) is 7.22. The number of carbonyl (C=O) groups excluding carboxylic acids is 1. The summed E-state index contributed by atoms with van der Waals surface area (Å²) >= 11 is 0. The molecule has 14 nitrogen and oxygen atoms in total. The van der Waals surface area contributed by atoms with Gasteiger partial charge in [-0.25, -0.2) is 9.78 Å². The zero-order chi connectivity index (χ0) is 36.7. The van der Waals surface area contributed by atoms with E-state index in [0.717, 1.165) is 29.4 Å². The number of hydrogen-bond acceptors (Lipinski definition) is 8. The van der Waals surface area contributed by atoms with Gasteiger partial charge in [-0.3, -0.25) is 14.4 Å². The maximum Gasteiger partial charge on any atom is 2.00 e. The van der Waals surface area contributed by atoms with Crippen LogP contribution in [-0.4, -0.2) is 66.9 Å². The van der Waals surface area contributed by atoms with Gasteiger partial charge in [0.05, 0.1) is 29.0 Å². The minimum absolute atomic E-state index is 0. The van der Waals surface area contributed by atoms with E-state index in [1.807, 2.05) is 26.8 Å². The zero-order valence-corrected chi connectivity index (χ0v) is 32.4. The number of nitrogens with zero attached hydrogens (tertiary/aromatic N) is 3. The summed E-state index contributed by atoms with van der Waals surface area (Å²) in [5, 5.41) is 28.9. The van der Waals surface area contributed by atoms with Crippen molar-refractivity contribution < 1.29 is 60.2 Å². The Hall–Kier alpha value is -4.26. The SMILES string of the molecule is C=C(O)OCc1c(C)cc2n(c1=O)Cc1c-2nc2ccc(OC(=O)N3CCC(C(=O)O)(C(=O)O)CC3)cc2c1CC.CC.[NH-]C1CCCCC1.[NH2-].[Pt+2]. The van der Waals surface area contributed by atoms with Crippen molar-refractivity contribution in [3.05, 3.63) is 81.3 Å². The van der Waals surface area contributed by atoms with Gasteiger partial charge in [-0.05, 0) is 68.2 Å². The molecular formula is C37H49N5O9Pt. The van der Waals surface area contributed by atoms with Crippen molar-refractivity contribution in [1.82, 2.24) is 14.5 Å². The minimum atomic E-state index is -1.92. The molecule has 0 bridgehead atoms. The third-order valence-corrected chi connectivity index (χ3v) is 9.60. The summed E-state index contributed by atoms with van der Waals surface area (Å²) in [6.07, 6.45) is 5.76. The summed E-state index contributed by atoms with van der Waals surface area (Å²) in [7, 11) is 0. The molecule has 2 aromatic heterocycles. The number of amides is 1. The number of aromatic nitrogens is 2. The average molecular weight is 903 g/mol. The Kier molecular flexibility index (Phi) is 16.0. The van der Waals surface area contributed by atoms with Crippen LogP contribution in [-0.2, 0) is 55.0 Å². The number of nitrogens with one attached hydrogen (secondary N) is 1. The second kappa shape index (κ2) is 19.0. The molecule has 286 valence electrons. The van der Waals surface area contributed by atoms with Crippen LogP contribution in [0.1, 0.15) is 88.0 Å². The largest absolute Gasteiger partial charge is 2.00 e. The normalized spacial score (nSPS) is 15.5. The molecule has 0 spiro atoms. The Morgan fingerprint density at radius 2 is 1.63 bits per heavy atom. The number of rotatable bonds is 7. The van der Waals surface area contributed by atoms with Crippen LogP contribution in [0.4, 0.5) is 4.79 Å². The third-order valence-electron chi connectivity index (χ3n) is 9.60. The number of carboxylic acids is 2. The molecule has 1 aromatic carbocycles. The number of aliphatic hydroxyl groups excluding tert-OH is 1. The molecule has 2 fully saturated rings. The number of hydrogen-bond donors (Lipinski definition) is 3. The van der Waals surface area contributed by atoms with Crippen molar-refractivity contribution >= 4 is 28.9 Å². The molecule has 1 amide bonds. The molecule has 52 heavy (non-hydrogen) atoms. The molecule has 15 heteroatoms. The van der Waals surface area contributed by atoms with Gasteiger partial charge >= 0.3 is 39.1 Å². The summed E-state index contributed by atoms with van der Waals surface area (Å²) in [5.41, 5.74) is 10.1. The first kappa shape index (κ1) is 43.9. The Morgan fingerprint density at radius 3 is 2.15 bits per heavy atom. The molecular weight excluding hydrogens is 854 g/mol. The average Bonchev–Trinajstić information content (AvgIpc) is 3.46. The summed E-state index contributed by atoms with van der Waals surface area (Å²) in [4.78, 5) is 55.5. The molecule has 3 aliphatic rings. The Morgan fingerprint density at radius 1 is 1.02 bits per heavy atom. The van der Waals surface area contributed by atoms with Gasteiger partial charge in [0.2, 0.25) is 0 Å². The number of carboxylic acid groups (broad SMARTS) is 2. The predicted octanol–water partition coefficient (Wildman–Crippen LogP) is 7.70. The van der Waals surface area contributed by atoms with Gasteiger partial charge in [0, 0.05) is 24.0 Å². The van der Waals surface area contributed by atoms with Gasteiger partial charge in [0.1, 0.15) is 12.4 Å². The number of fused-ring (bicyclic) bond motifs is 4. The fourth-order valence-electron chi connectivity index (χ4n) is 6.71. The topological polar surface area (TPSA) is 226 Å². The smallest absolute Gasteiger partial charge is 0.693 e. The van der Waals surface area contributed by atoms with Crippen molar-refractivity contribution in [2.75, 3.05) is 13.1 Å². The molecule has 1 aliphatic carbocycles. The Bertz CT molecular complexity index is 1810. The second-order valence-electron chi connectivity index (χ2n) is 12.6. The van der Waals surface area contributed by atoms with Crippen LogP contribution in [0.5, 0.6) is 5.75 Å². The van der Waals surface area contributed by atoms with E-state index in [2.05, 4.69) is 6.58 Å². The number of ether oxygens (including phenoxy) is 2. The number of aliphatic carboxylic acids is 2. The van der Waals surface area contributed by atoms with Gasteiger partial charge in [0.15, 0.2) is 5.41 Å². The molecule has 1 saturated heterocycles. The number of piperidine rings is 1. The Balaban J connectivity index is 0.000000754. The van der Waals surface area contributed by atoms with E-state index in [-0.39, 0.29) is 77.1 Å². The summed E-state index contributed by atoms with van der Waals surface area (Å²) in [5.74, 6) is -3.04. The molecule has 0 atom stereocenters. The van der Waals surface area contributed by atoms with Crippen molar-refractivity contribution in [2.45, 2.75) is 98.3 Å². The third kappa shape index (κ3) is 9.20. The minimum Gasteiger partial charge on any atom is -0.693 e. The summed E-state index contributed by atoms with van der Waals surface area (Å²) in [6.45, 7) is 11.2. The number of carbonyl (C=O) groups is 3. The molecule has 0 radical (unpaired) electrons. The quantitative estimate of drug-likeness (QED) is 0.121. The molecule has 0 unspecified atom stereocenters. The van der Waals surface area contributed by atoms with Crippen molar-refractivity contribution in [3.63, 3.8) is 0 Å². The van der Waals surface area contributed by atoms with Gasteiger partial charge < -0.3 is 46.1 Å². The number of benzene rings is 1. The van der Waals surface area contributed by atoms with Crippen molar-refractivity contribution in [2.24, 2.45) is 5.41 Å². The van der Waals surface area contributed by atoms with Crippen LogP contribution in [0.25, 0.3) is 34.2 Å². The van der Waals surface area contributed by atoms with Gasteiger partial charge in [-0.2, -0.15) is 0 Å². The maximum atomic E-state index is 13.3. The van der Waals surface area contributed by atoms with Crippen LogP contribution in [0, 0.1) is 12.3 Å². The van der Waals surface area contributed by atoms with Crippen LogP contribution in [0.15, 0.2) is 41.6 Å². The number of aryl methyl sites for hydroxylation is 2. The molecule has 2 aliphatic heterocycles. The maximum absolute atomic E-state index is 13.3. The van der Waals surface area contributed by atoms with Crippen molar-refractivity contribution in [1.29, 1.82) is 0 Å². The number of nitrogens with two attached hydrogens (primary N) is 1. The first-order chi connectivity index (χ1) is 23.9. The second-order valence-corrected chi connectivity index (χ2v) is 12.6. The molecule has 1 saturated carbocycles. The van der Waals surface area contributed by atoms with Crippen LogP contribution >= 0.6 is 0 Å². The number of pyridine rings is 2.